The number of halogens is 1. The summed E-state index contributed by atoms with van der Waals surface area (Å²) in [6.07, 6.45) is 2.64. The molecule has 2 atom stereocenters. The first-order valence-corrected chi connectivity index (χ1v) is 5.96. The zero-order valence-electron chi connectivity index (χ0n) is 9.85. The summed E-state index contributed by atoms with van der Waals surface area (Å²) in [5, 5.41) is 9.15. The number of carboxylic acids is 1. The van der Waals surface area contributed by atoms with Crippen LogP contribution in [0.15, 0.2) is 12.3 Å². The molecule has 0 radical (unpaired) electrons. The third-order valence-electron chi connectivity index (χ3n) is 3.25. The summed E-state index contributed by atoms with van der Waals surface area (Å²) in [4.78, 5) is 17.1. The molecule has 0 aliphatic heterocycles. The molecule has 1 aliphatic rings. The zero-order chi connectivity index (χ0) is 12.6. The van der Waals surface area contributed by atoms with E-state index >= 15 is 0 Å². The predicted molar refractivity (Wildman–Crippen MR) is 66.7 cm³/mol. The van der Waals surface area contributed by atoms with Crippen LogP contribution in [0.25, 0.3) is 0 Å². The van der Waals surface area contributed by atoms with Gasteiger partial charge in [-0.05, 0) is 24.3 Å². The topological polar surface area (TPSA) is 53.4 Å². The first kappa shape index (κ1) is 12.2. The number of nitrogens with zero attached hydrogens (tertiary/aromatic N) is 2. The molecule has 1 aromatic heterocycles. The van der Waals surface area contributed by atoms with E-state index in [-0.39, 0.29) is 10.6 Å². The molecule has 17 heavy (non-hydrogen) atoms. The van der Waals surface area contributed by atoms with Gasteiger partial charge in [0.1, 0.15) is 5.82 Å². The Hall–Kier alpha value is -1.29. The number of aromatic nitrogens is 1. The third kappa shape index (κ3) is 2.69. The van der Waals surface area contributed by atoms with Crippen LogP contribution in [0.1, 0.15) is 23.7 Å². The Balaban J connectivity index is 2.14. The summed E-state index contributed by atoms with van der Waals surface area (Å²) in [6, 6.07) is 1.53. The van der Waals surface area contributed by atoms with Crippen LogP contribution in [-0.4, -0.2) is 29.7 Å². The third-order valence-corrected chi connectivity index (χ3v) is 3.55. The molecule has 5 heteroatoms. The number of pyridine rings is 1. The Labute approximate surface area is 105 Å². The molecule has 1 aromatic rings. The van der Waals surface area contributed by atoms with Crippen molar-refractivity contribution in [3.05, 3.63) is 22.8 Å². The van der Waals surface area contributed by atoms with Gasteiger partial charge in [-0.1, -0.05) is 18.5 Å². The highest BCUT2D eigenvalue weighted by atomic mass is 35.5. The summed E-state index contributed by atoms with van der Waals surface area (Å²) >= 11 is 5.78. The van der Waals surface area contributed by atoms with Gasteiger partial charge in [0.2, 0.25) is 0 Å². The van der Waals surface area contributed by atoms with Crippen molar-refractivity contribution in [2.24, 2.45) is 11.8 Å². The number of hydrogen-bond acceptors (Lipinski definition) is 3. The summed E-state index contributed by atoms with van der Waals surface area (Å²) in [5.41, 5.74) is 0.104. The highest BCUT2D eigenvalue weighted by molar-refractivity contribution is 6.33. The van der Waals surface area contributed by atoms with Crippen molar-refractivity contribution in [1.82, 2.24) is 4.98 Å². The van der Waals surface area contributed by atoms with E-state index in [1.807, 2.05) is 11.9 Å². The number of hydrogen-bond donors (Lipinski definition) is 1. The zero-order valence-corrected chi connectivity index (χ0v) is 10.6. The van der Waals surface area contributed by atoms with Gasteiger partial charge in [-0.15, -0.1) is 0 Å². The van der Waals surface area contributed by atoms with Gasteiger partial charge in [0.25, 0.3) is 0 Å². The van der Waals surface area contributed by atoms with E-state index in [9.17, 15) is 4.79 Å². The molecule has 2 rings (SSSR count). The van der Waals surface area contributed by atoms with Gasteiger partial charge >= 0.3 is 5.97 Å². The lowest BCUT2D eigenvalue weighted by Crippen LogP contribution is -2.22. The SMILES string of the molecule is CC1CC1CN(C)c1cc(C(=O)O)c(Cl)cn1. The smallest absolute Gasteiger partial charge is 0.337 e. The predicted octanol–water partition coefficient (Wildman–Crippen LogP) is 2.53. The largest absolute Gasteiger partial charge is 0.478 e. The Morgan fingerprint density at radius 3 is 2.88 bits per heavy atom. The minimum atomic E-state index is -1.02. The van der Waals surface area contributed by atoms with Crippen LogP contribution in [0.2, 0.25) is 5.02 Å². The fourth-order valence-corrected chi connectivity index (χ4v) is 2.08. The number of rotatable bonds is 4. The van der Waals surface area contributed by atoms with Crippen molar-refractivity contribution in [2.45, 2.75) is 13.3 Å². The van der Waals surface area contributed by atoms with Crippen molar-refractivity contribution in [3.63, 3.8) is 0 Å². The molecular weight excluding hydrogens is 240 g/mol. The first-order valence-electron chi connectivity index (χ1n) is 5.59. The summed E-state index contributed by atoms with van der Waals surface area (Å²) in [5.74, 6) is 1.10. The molecule has 1 heterocycles. The van der Waals surface area contributed by atoms with Crippen LogP contribution in [0, 0.1) is 11.8 Å². The molecule has 0 aromatic carbocycles. The molecule has 92 valence electrons. The summed E-state index contributed by atoms with van der Waals surface area (Å²) in [6.45, 7) is 3.13. The highest BCUT2D eigenvalue weighted by Crippen LogP contribution is 2.38. The standard InChI is InChI=1S/C12H15ClN2O2/c1-7-3-8(7)6-15(2)11-4-9(12(16)17)10(13)5-14-11/h4-5,7-8H,3,6H2,1-2H3,(H,16,17). The van der Waals surface area contributed by atoms with E-state index in [4.69, 9.17) is 16.7 Å². The summed E-state index contributed by atoms with van der Waals surface area (Å²) in [7, 11) is 1.92. The van der Waals surface area contributed by atoms with Gasteiger partial charge in [-0.3, -0.25) is 0 Å². The van der Waals surface area contributed by atoms with E-state index in [0.29, 0.717) is 11.7 Å². The van der Waals surface area contributed by atoms with Crippen molar-refractivity contribution >= 4 is 23.4 Å². The van der Waals surface area contributed by atoms with Crippen molar-refractivity contribution in [3.8, 4) is 0 Å². The van der Waals surface area contributed by atoms with Gasteiger partial charge in [0.15, 0.2) is 0 Å². The Bertz CT molecular complexity index is 450. The maximum absolute atomic E-state index is 11.0. The molecular formula is C12H15ClN2O2. The Morgan fingerprint density at radius 2 is 2.35 bits per heavy atom. The van der Waals surface area contributed by atoms with Gasteiger partial charge in [-0.2, -0.15) is 0 Å². The average molecular weight is 255 g/mol. The fraction of sp³-hybridized carbons (Fsp3) is 0.500. The average Bonchev–Trinajstić information content (AvgIpc) is 2.94. The number of carboxylic acid groups (broad SMARTS) is 1. The van der Waals surface area contributed by atoms with Crippen molar-refractivity contribution < 1.29 is 9.90 Å². The van der Waals surface area contributed by atoms with E-state index < -0.39 is 5.97 Å². The van der Waals surface area contributed by atoms with Crippen LogP contribution in [0.3, 0.4) is 0 Å². The fourth-order valence-electron chi connectivity index (χ4n) is 1.90. The number of aromatic carboxylic acids is 1. The molecule has 2 unspecified atom stereocenters. The Kier molecular flexibility index (Phi) is 3.24. The molecule has 0 bridgehead atoms. The van der Waals surface area contributed by atoms with Gasteiger partial charge in [0, 0.05) is 19.8 Å². The molecule has 1 N–H and O–H groups in total. The quantitative estimate of drug-likeness (QED) is 0.897. The maximum Gasteiger partial charge on any atom is 0.337 e. The lowest BCUT2D eigenvalue weighted by molar-refractivity contribution is 0.0697. The van der Waals surface area contributed by atoms with Gasteiger partial charge < -0.3 is 10.0 Å². The van der Waals surface area contributed by atoms with Crippen LogP contribution in [0.4, 0.5) is 5.82 Å². The molecule has 0 amide bonds. The minimum absolute atomic E-state index is 0.104. The van der Waals surface area contributed by atoms with Crippen LogP contribution < -0.4 is 4.90 Å². The van der Waals surface area contributed by atoms with E-state index in [0.717, 1.165) is 12.5 Å². The second-order valence-corrected chi connectivity index (χ2v) is 5.09. The molecule has 1 aliphatic carbocycles. The summed E-state index contributed by atoms with van der Waals surface area (Å²) < 4.78 is 0. The molecule has 0 saturated heterocycles. The van der Waals surface area contributed by atoms with E-state index in [1.54, 1.807) is 0 Å². The monoisotopic (exact) mass is 254 g/mol. The second-order valence-electron chi connectivity index (χ2n) is 4.68. The lowest BCUT2D eigenvalue weighted by atomic mass is 10.2. The molecule has 0 spiro atoms. The van der Waals surface area contributed by atoms with Crippen LogP contribution in [0.5, 0.6) is 0 Å². The van der Waals surface area contributed by atoms with Crippen molar-refractivity contribution in [1.29, 1.82) is 0 Å². The molecule has 4 nitrogen and oxygen atoms in total. The number of carbonyl (C=O) groups is 1. The van der Waals surface area contributed by atoms with Gasteiger partial charge in [0.05, 0.1) is 10.6 Å². The van der Waals surface area contributed by atoms with Gasteiger partial charge in [-0.25, -0.2) is 9.78 Å². The Morgan fingerprint density at radius 1 is 1.71 bits per heavy atom. The molecule has 1 fully saturated rings. The molecule has 1 saturated carbocycles. The maximum atomic E-state index is 11.0. The lowest BCUT2D eigenvalue weighted by Gasteiger charge is -2.18. The number of anilines is 1. The van der Waals surface area contributed by atoms with Crippen molar-refractivity contribution in [2.75, 3.05) is 18.5 Å². The van der Waals surface area contributed by atoms with E-state index in [2.05, 4.69) is 11.9 Å². The van der Waals surface area contributed by atoms with Crippen LogP contribution in [-0.2, 0) is 0 Å². The second kappa shape index (κ2) is 4.53. The highest BCUT2D eigenvalue weighted by Gasteiger charge is 2.33. The van der Waals surface area contributed by atoms with Crippen LogP contribution >= 0.6 is 11.6 Å². The minimum Gasteiger partial charge on any atom is -0.478 e. The normalized spacial score (nSPS) is 22.3. The van der Waals surface area contributed by atoms with E-state index in [1.165, 1.54) is 18.7 Å². The first-order chi connectivity index (χ1) is 7.99.